The smallest absolute Gasteiger partial charge is 0.128 e. The molecule has 0 fully saturated rings. The fraction of sp³-hybridized carbons (Fsp3) is 0.250. The summed E-state index contributed by atoms with van der Waals surface area (Å²) in [6, 6.07) is 9.51. The molecule has 0 spiro atoms. The van der Waals surface area contributed by atoms with Crippen LogP contribution in [-0.2, 0) is 0 Å². The van der Waals surface area contributed by atoms with Gasteiger partial charge in [0.25, 0.3) is 0 Å². The molecule has 0 bridgehead atoms. The van der Waals surface area contributed by atoms with Gasteiger partial charge in [0, 0.05) is 11.6 Å². The van der Waals surface area contributed by atoms with Gasteiger partial charge in [-0.3, -0.25) is 0 Å². The van der Waals surface area contributed by atoms with Crippen molar-refractivity contribution in [3.05, 3.63) is 58.9 Å². The van der Waals surface area contributed by atoms with E-state index in [1.165, 1.54) is 19.2 Å². The second-order valence-corrected chi connectivity index (χ2v) is 4.51. The normalized spacial score (nSPS) is 12.1. The highest BCUT2D eigenvalue weighted by molar-refractivity contribution is 5.46. The first-order valence-electron chi connectivity index (χ1n) is 6.23. The molecule has 0 amide bonds. The highest BCUT2D eigenvalue weighted by Crippen LogP contribution is 2.34. The quantitative estimate of drug-likeness (QED) is 0.931. The maximum atomic E-state index is 13.1. The van der Waals surface area contributed by atoms with Crippen molar-refractivity contribution in [3.63, 3.8) is 0 Å². The zero-order chi connectivity index (χ0) is 14.7. The molecule has 0 radical (unpaired) electrons. The monoisotopic (exact) mass is 276 g/mol. The molecule has 2 aromatic rings. The number of aliphatic hydroxyl groups excluding tert-OH is 1. The molecule has 1 N–H and O–H groups in total. The average molecular weight is 276 g/mol. The topological polar surface area (TPSA) is 38.7 Å². The molecule has 20 heavy (non-hydrogen) atoms. The molecule has 0 saturated carbocycles. The van der Waals surface area contributed by atoms with Gasteiger partial charge in [-0.05, 0) is 42.3 Å². The van der Waals surface area contributed by atoms with Gasteiger partial charge in [-0.15, -0.1) is 0 Å². The number of halogens is 1. The molecule has 1 atom stereocenters. The molecule has 2 aromatic carbocycles. The molecular weight excluding hydrogens is 259 g/mol. The van der Waals surface area contributed by atoms with Crippen molar-refractivity contribution in [2.24, 2.45) is 0 Å². The van der Waals surface area contributed by atoms with Crippen LogP contribution in [0.5, 0.6) is 11.5 Å². The van der Waals surface area contributed by atoms with Crippen molar-refractivity contribution in [1.82, 2.24) is 0 Å². The third kappa shape index (κ3) is 2.75. The zero-order valence-electron chi connectivity index (χ0n) is 11.7. The van der Waals surface area contributed by atoms with Crippen molar-refractivity contribution in [3.8, 4) is 11.5 Å². The van der Waals surface area contributed by atoms with Crippen LogP contribution in [0, 0.1) is 12.7 Å². The van der Waals surface area contributed by atoms with Crippen LogP contribution in [0.4, 0.5) is 4.39 Å². The number of hydrogen-bond donors (Lipinski definition) is 1. The van der Waals surface area contributed by atoms with Gasteiger partial charge in [0.15, 0.2) is 0 Å². The Bertz CT molecular complexity index is 611. The maximum absolute atomic E-state index is 13.1. The van der Waals surface area contributed by atoms with Crippen molar-refractivity contribution in [1.29, 1.82) is 0 Å². The van der Waals surface area contributed by atoms with E-state index in [1.807, 2.05) is 0 Å². The first-order valence-corrected chi connectivity index (χ1v) is 6.23. The first kappa shape index (κ1) is 14.3. The van der Waals surface area contributed by atoms with Crippen molar-refractivity contribution < 1.29 is 19.0 Å². The van der Waals surface area contributed by atoms with Gasteiger partial charge < -0.3 is 14.6 Å². The van der Waals surface area contributed by atoms with Crippen molar-refractivity contribution in [2.45, 2.75) is 13.0 Å². The fourth-order valence-electron chi connectivity index (χ4n) is 2.16. The van der Waals surface area contributed by atoms with Crippen LogP contribution in [0.3, 0.4) is 0 Å². The van der Waals surface area contributed by atoms with Gasteiger partial charge in [-0.1, -0.05) is 6.07 Å². The average Bonchev–Trinajstić information content (AvgIpc) is 2.46. The zero-order valence-corrected chi connectivity index (χ0v) is 11.7. The van der Waals surface area contributed by atoms with Crippen LogP contribution < -0.4 is 9.47 Å². The van der Waals surface area contributed by atoms with E-state index in [1.54, 1.807) is 38.3 Å². The minimum Gasteiger partial charge on any atom is -0.497 e. The van der Waals surface area contributed by atoms with Crippen LogP contribution in [0.25, 0.3) is 0 Å². The summed E-state index contributed by atoms with van der Waals surface area (Å²) in [5.41, 5.74) is 1.95. The summed E-state index contributed by atoms with van der Waals surface area (Å²) in [5.74, 6) is 0.856. The Hall–Kier alpha value is -2.07. The summed E-state index contributed by atoms with van der Waals surface area (Å²) in [5, 5.41) is 10.5. The Morgan fingerprint density at radius 2 is 1.70 bits per heavy atom. The maximum Gasteiger partial charge on any atom is 0.128 e. The van der Waals surface area contributed by atoms with E-state index in [-0.39, 0.29) is 5.82 Å². The Kier molecular flexibility index (Phi) is 4.25. The SMILES string of the molecule is COc1ccc(C(O)c2ccc(F)cc2C)c(OC)c1. The van der Waals surface area contributed by atoms with Crippen LogP contribution in [0.2, 0.25) is 0 Å². The minimum absolute atomic E-state index is 0.319. The van der Waals surface area contributed by atoms with Crippen LogP contribution in [-0.4, -0.2) is 19.3 Å². The van der Waals surface area contributed by atoms with E-state index in [0.29, 0.717) is 28.2 Å². The summed E-state index contributed by atoms with van der Waals surface area (Å²) >= 11 is 0. The largest absolute Gasteiger partial charge is 0.497 e. The molecule has 1 unspecified atom stereocenters. The number of aliphatic hydroxyl groups is 1. The van der Waals surface area contributed by atoms with Gasteiger partial charge in [-0.2, -0.15) is 0 Å². The molecule has 0 aromatic heterocycles. The molecule has 0 saturated heterocycles. The van der Waals surface area contributed by atoms with Gasteiger partial charge >= 0.3 is 0 Å². The van der Waals surface area contributed by atoms with E-state index in [9.17, 15) is 9.50 Å². The number of rotatable bonds is 4. The van der Waals surface area contributed by atoms with Crippen LogP contribution in [0.1, 0.15) is 22.8 Å². The highest BCUT2D eigenvalue weighted by Gasteiger charge is 2.18. The first-order chi connectivity index (χ1) is 9.56. The lowest BCUT2D eigenvalue weighted by Gasteiger charge is -2.17. The van der Waals surface area contributed by atoms with Gasteiger partial charge in [0.2, 0.25) is 0 Å². The molecule has 4 heteroatoms. The van der Waals surface area contributed by atoms with Crippen molar-refractivity contribution in [2.75, 3.05) is 14.2 Å². The van der Waals surface area contributed by atoms with Gasteiger partial charge in [0.1, 0.15) is 23.4 Å². The predicted molar refractivity (Wildman–Crippen MR) is 74.7 cm³/mol. The lowest BCUT2D eigenvalue weighted by Crippen LogP contribution is -2.05. The van der Waals surface area contributed by atoms with E-state index in [2.05, 4.69) is 0 Å². The van der Waals surface area contributed by atoms with Crippen LogP contribution in [0.15, 0.2) is 36.4 Å². The van der Waals surface area contributed by atoms with Crippen molar-refractivity contribution >= 4 is 0 Å². The Morgan fingerprint density at radius 3 is 2.30 bits per heavy atom. The van der Waals surface area contributed by atoms with E-state index >= 15 is 0 Å². The highest BCUT2D eigenvalue weighted by atomic mass is 19.1. The molecule has 0 heterocycles. The molecule has 0 aliphatic carbocycles. The van der Waals surface area contributed by atoms with E-state index in [4.69, 9.17) is 9.47 Å². The predicted octanol–water partition coefficient (Wildman–Crippen LogP) is 3.23. The number of benzene rings is 2. The van der Waals surface area contributed by atoms with Gasteiger partial charge in [0.05, 0.1) is 14.2 Å². The molecule has 3 nitrogen and oxygen atoms in total. The third-order valence-corrected chi connectivity index (χ3v) is 3.26. The molecule has 0 aliphatic heterocycles. The summed E-state index contributed by atoms with van der Waals surface area (Å²) < 4.78 is 23.5. The summed E-state index contributed by atoms with van der Waals surface area (Å²) in [4.78, 5) is 0. The number of hydrogen-bond acceptors (Lipinski definition) is 3. The van der Waals surface area contributed by atoms with E-state index in [0.717, 1.165) is 0 Å². The lowest BCUT2D eigenvalue weighted by atomic mass is 9.96. The fourth-order valence-corrected chi connectivity index (χ4v) is 2.16. The number of aryl methyl sites for hydroxylation is 1. The summed E-state index contributed by atoms with van der Waals surface area (Å²) in [7, 11) is 3.09. The second kappa shape index (κ2) is 5.92. The lowest BCUT2D eigenvalue weighted by molar-refractivity contribution is 0.213. The number of ether oxygens (including phenoxy) is 2. The van der Waals surface area contributed by atoms with Crippen LogP contribution >= 0.6 is 0 Å². The standard InChI is InChI=1S/C16H17FO3/c1-10-8-11(17)4-6-13(10)16(18)14-7-5-12(19-2)9-15(14)20-3/h4-9,16,18H,1-3H3. The molecule has 2 rings (SSSR count). The third-order valence-electron chi connectivity index (χ3n) is 3.26. The number of methoxy groups -OCH3 is 2. The second-order valence-electron chi connectivity index (χ2n) is 4.51. The minimum atomic E-state index is -0.878. The van der Waals surface area contributed by atoms with Gasteiger partial charge in [-0.25, -0.2) is 4.39 Å². The summed E-state index contributed by atoms with van der Waals surface area (Å²) in [6.45, 7) is 1.76. The summed E-state index contributed by atoms with van der Waals surface area (Å²) in [6.07, 6.45) is -0.878. The molecular formula is C16H17FO3. The molecule has 0 aliphatic rings. The molecule has 106 valence electrons. The Labute approximate surface area is 117 Å². The Morgan fingerprint density at radius 1 is 1.00 bits per heavy atom. The Balaban J connectivity index is 2.44. The van der Waals surface area contributed by atoms with E-state index < -0.39 is 6.10 Å².